The van der Waals surface area contributed by atoms with Gasteiger partial charge in [0, 0.05) is 5.71 Å². The van der Waals surface area contributed by atoms with Gasteiger partial charge in [0.1, 0.15) is 18.2 Å². The van der Waals surface area contributed by atoms with Crippen LogP contribution >= 0.6 is 0 Å². The van der Waals surface area contributed by atoms with Crippen LogP contribution in [0.25, 0.3) is 0 Å². The molecule has 3 atom stereocenters. The summed E-state index contributed by atoms with van der Waals surface area (Å²) in [5, 5.41) is 9.06. The van der Waals surface area contributed by atoms with E-state index in [2.05, 4.69) is 4.99 Å². The van der Waals surface area contributed by atoms with Gasteiger partial charge in [0.2, 0.25) is 0 Å². The third kappa shape index (κ3) is 1.39. The van der Waals surface area contributed by atoms with E-state index in [9.17, 15) is 0 Å². The van der Waals surface area contributed by atoms with E-state index in [0.29, 0.717) is 0 Å². The van der Waals surface area contributed by atoms with Crippen molar-refractivity contribution >= 4 is 5.71 Å². The Hall–Kier alpha value is -0.450. The van der Waals surface area contributed by atoms with Crippen LogP contribution in [0.1, 0.15) is 20.8 Å². The molecule has 2 rings (SSSR count). The molecule has 4 nitrogen and oxygen atoms in total. The van der Waals surface area contributed by atoms with Gasteiger partial charge in [0.25, 0.3) is 0 Å². The van der Waals surface area contributed by atoms with Gasteiger partial charge in [-0.2, -0.15) is 0 Å². The molecule has 0 aromatic rings. The highest BCUT2D eigenvalue weighted by molar-refractivity contribution is 5.89. The molecular weight excluding hydrogens is 170 g/mol. The zero-order valence-corrected chi connectivity index (χ0v) is 8.15. The molecule has 0 amide bonds. The number of aliphatic hydroxyl groups is 1. The SMILES string of the molecule is CC1=NC(CO)C2OC(C)(C)OC12. The largest absolute Gasteiger partial charge is 0.394 e. The minimum absolute atomic E-state index is 0.0257. The van der Waals surface area contributed by atoms with Gasteiger partial charge < -0.3 is 14.6 Å². The standard InChI is InChI=1S/C9H15NO3/c1-5-7-8(6(4-11)10-5)13-9(2,3)12-7/h6-8,11H,4H2,1-3H3. The normalized spacial score (nSPS) is 41.8. The molecule has 74 valence electrons. The van der Waals surface area contributed by atoms with Crippen molar-refractivity contribution in [3.63, 3.8) is 0 Å². The van der Waals surface area contributed by atoms with Gasteiger partial charge in [-0.05, 0) is 20.8 Å². The van der Waals surface area contributed by atoms with Crippen LogP contribution in [0.4, 0.5) is 0 Å². The van der Waals surface area contributed by atoms with Crippen LogP contribution in [0.2, 0.25) is 0 Å². The minimum atomic E-state index is -0.542. The molecule has 3 unspecified atom stereocenters. The summed E-state index contributed by atoms with van der Waals surface area (Å²) in [5.41, 5.74) is 0.926. The van der Waals surface area contributed by atoms with Crippen molar-refractivity contribution in [2.45, 2.75) is 44.8 Å². The molecule has 2 heterocycles. The number of nitrogens with zero attached hydrogens (tertiary/aromatic N) is 1. The van der Waals surface area contributed by atoms with Crippen molar-refractivity contribution < 1.29 is 14.6 Å². The predicted octanol–water partition coefficient (Wildman–Crippen LogP) is 0.342. The Morgan fingerprint density at radius 1 is 1.46 bits per heavy atom. The minimum Gasteiger partial charge on any atom is -0.394 e. The van der Waals surface area contributed by atoms with Crippen molar-refractivity contribution in [1.29, 1.82) is 0 Å². The molecule has 0 bridgehead atoms. The topological polar surface area (TPSA) is 51.1 Å². The maximum Gasteiger partial charge on any atom is 0.164 e. The number of ether oxygens (including phenoxy) is 2. The van der Waals surface area contributed by atoms with Gasteiger partial charge in [-0.1, -0.05) is 0 Å². The number of hydrogen-bond donors (Lipinski definition) is 1. The van der Waals surface area contributed by atoms with E-state index in [1.165, 1.54) is 0 Å². The average Bonchev–Trinajstić information content (AvgIpc) is 2.47. The summed E-state index contributed by atoms with van der Waals surface area (Å²) in [6.45, 7) is 5.70. The zero-order chi connectivity index (χ0) is 9.64. The maximum atomic E-state index is 9.06. The van der Waals surface area contributed by atoms with Gasteiger partial charge in [0.05, 0.1) is 6.61 Å². The molecule has 0 saturated carbocycles. The third-order valence-electron chi connectivity index (χ3n) is 2.48. The predicted molar refractivity (Wildman–Crippen MR) is 47.8 cm³/mol. The summed E-state index contributed by atoms with van der Waals surface area (Å²) in [6.07, 6.45) is -0.160. The fourth-order valence-corrected chi connectivity index (χ4v) is 1.95. The van der Waals surface area contributed by atoms with Crippen molar-refractivity contribution in [1.82, 2.24) is 0 Å². The molecule has 1 N–H and O–H groups in total. The Balaban J connectivity index is 2.19. The van der Waals surface area contributed by atoms with Gasteiger partial charge in [0.15, 0.2) is 5.79 Å². The highest BCUT2D eigenvalue weighted by Gasteiger charge is 2.49. The molecule has 1 saturated heterocycles. The number of hydrogen-bond acceptors (Lipinski definition) is 4. The molecule has 0 aromatic carbocycles. The number of rotatable bonds is 1. The molecule has 4 heteroatoms. The van der Waals surface area contributed by atoms with Gasteiger partial charge >= 0.3 is 0 Å². The Morgan fingerprint density at radius 3 is 2.77 bits per heavy atom. The molecule has 13 heavy (non-hydrogen) atoms. The summed E-state index contributed by atoms with van der Waals surface area (Å²) in [7, 11) is 0. The molecule has 0 aliphatic carbocycles. The third-order valence-corrected chi connectivity index (χ3v) is 2.48. The Kier molecular flexibility index (Phi) is 1.94. The highest BCUT2D eigenvalue weighted by atomic mass is 16.8. The lowest BCUT2D eigenvalue weighted by molar-refractivity contribution is -0.146. The first-order chi connectivity index (χ1) is 6.03. The first-order valence-electron chi connectivity index (χ1n) is 4.54. The van der Waals surface area contributed by atoms with Crippen LogP contribution in [-0.4, -0.2) is 41.5 Å². The second-order valence-corrected chi connectivity index (χ2v) is 4.04. The van der Waals surface area contributed by atoms with Crippen LogP contribution < -0.4 is 0 Å². The second-order valence-electron chi connectivity index (χ2n) is 4.04. The summed E-state index contributed by atoms with van der Waals surface area (Å²) in [4.78, 5) is 4.27. The Bertz CT molecular complexity index is 249. The molecular formula is C9H15NO3. The first-order valence-corrected chi connectivity index (χ1v) is 4.54. The number of fused-ring (bicyclic) bond motifs is 1. The van der Waals surface area contributed by atoms with E-state index >= 15 is 0 Å². The summed E-state index contributed by atoms with van der Waals surface area (Å²) in [5.74, 6) is -0.542. The molecule has 0 aromatic heterocycles. The molecule has 0 radical (unpaired) electrons. The van der Waals surface area contributed by atoms with E-state index < -0.39 is 5.79 Å². The maximum absolute atomic E-state index is 9.06. The number of aliphatic imine (C=N–C) groups is 1. The lowest BCUT2D eigenvalue weighted by Gasteiger charge is -2.19. The average molecular weight is 185 g/mol. The van der Waals surface area contributed by atoms with E-state index in [-0.39, 0.29) is 24.9 Å². The smallest absolute Gasteiger partial charge is 0.164 e. The first kappa shape index (κ1) is 9.12. The Morgan fingerprint density at radius 2 is 2.15 bits per heavy atom. The fraction of sp³-hybridized carbons (Fsp3) is 0.889. The van der Waals surface area contributed by atoms with Crippen LogP contribution in [0.5, 0.6) is 0 Å². The molecule has 0 spiro atoms. The summed E-state index contributed by atoms with van der Waals surface area (Å²) >= 11 is 0. The second kappa shape index (κ2) is 2.77. The van der Waals surface area contributed by atoms with Gasteiger partial charge in [-0.25, -0.2) is 0 Å². The quantitative estimate of drug-likeness (QED) is 0.641. The summed E-state index contributed by atoms with van der Waals surface area (Å²) in [6, 6.07) is -0.147. The van der Waals surface area contributed by atoms with E-state index in [1.54, 1.807) is 0 Å². The van der Waals surface area contributed by atoms with E-state index in [1.807, 2.05) is 20.8 Å². The molecule has 2 aliphatic heterocycles. The summed E-state index contributed by atoms with van der Waals surface area (Å²) < 4.78 is 11.3. The van der Waals surface area contributed by atoms with Crippen LogP contribution in [0, 0.1) is 0 Å². The fourth-order valence-electron chi connectivity index (χ4n) is 1.95. The van der Waals surface area contributed by atoms with Gasteiger partial charge in [-0.15, -0.1) is 0 Å². The molecule has 1 fully saturated rings. The lowest BCUT2D eigenvalue weighted by Crippen LogP contribution is -2.32. The monoisotopic (exact) mass is 185 g/mol. The van der Waals surface area contributed by atoms with E-state index in [4.69, 9.17) is 14.6 Å². The van der Waals surface area contributed by atoms with Crippen molar-refractivity contribution in [2.75, 3.05) is 6.61 Å². The Labute approximate surface area is 77.6 Å². The lowest BCUT2D eigenvalue weighted by atomic mass is 10.1. The van der Waals surface area contributed by atoms with Crippen molar-refractivity contribution in [2.24, 2.45) is 4.99 Å². The van der Waals surface area contributed by atoms with Crippen LogP contribution in [0.15, 0.2) is 4.99 Å². The van der Waals surface area contributed by atoms with Crippen molar-refractivity contribution in [3.05, 3.63) is 0 Å². The van der Waals surface area contributed by atoms with Crippen LogP contribution in [-0.2, 0) is 9.47 Å². The number of aliphatic hydroxyl groups excluding tert-OH is 1. The zero-order valence-electron chi connectivity index (χ0n) is 8.15. The van der Waals surface area contributed by atoms with Crippen molar-refractivity contribution in [3.8, 4) is 0 Å². The molecule has 2 aliphatic rings. The highest BCUT2D eigenvalue weighted by Crippen LogP contribution is 2.35. The van der Waals surface area contributed by atoms with E-state index in [0.717, 1.165) is 5.71 Å². The van der Waals surface area contributed by atoms with Gasteiger partial charge in [-0.3, -0.25) is 4.99 Å². The van der Waals surface area contributed by atoms with Crippen LogP contribution in [0.3, 0.4) is 0 Å².